The number of benzene rings is 2. The van der Waals surface area contributed by atoms with E-state index in [0.29, 0.717) is 40.7 Å². The maximum absolute atomic E-state index is 13.0. The van der Waals surface area contributed by atoms with Crippen molar-refractivity contribution in [1.29, 1.82) is 0 Å². The molecule has 7 nitrogen and oxygen atoms in total. The fourth-order valence-electron chi connectivity index (χ4n) is 3.13. The van der Waals surface area contributed by atoms with Gasteiger partial charge in [-0.3, -0.25) is 4.79 Å². The summed E-state index contributed by atoms with van der Waals surface area (Å²) in [4.78, 5) is 13.0. The van der Waals surface area contributed by atoms with E-state index in [1.54, 1.807) is 23.7 Å². The average Bonchev–Trinajstić information content (AvgIpc) is 3.01. The van der Waals surface area contributed by atoms with E-state index < -0.39 is 0 Å². The molecule has 0 unspecified atom stereocenters. The summed E-state index contributed by atoms with van der Waals surface area (Å²) in [6, 6.07) is 11.4. The molecule has 3 rings (SSSR count). The molecule has 0 fully saturated rings. The van der Waals surface area contributed by atoms with Crippen LogP contribution in [0.4, 0.5) is 5.69 Å². The molecular weight excluding hydrogens is 406 g/mol. The number of nitrogens with one attached hydrogen (secondary N) is 1. The molecule has 0 radical (unpaired) electrons. The molecule has 158 valence electrons. The van der Waals surface area contributed by atoms with E-state index in [1.807, 2.05) is 31.2 Å². The Bertz CT molecular complexity index is 1040. The van der Waals surface area contributed by atoms with Crippen LogP contribution in [0.25, 0.3) is 0 Å². The quantitative estimate of drug-likeness (QED) is 0.599. The lowest BCUT2D eigenvalue weighted by Gasteiger charge is -2.14. The Morgan fingerprint density at radius 2 is 1.63 bits per heavy atom. The minimum atomic E-state index is -0.373. The van der Waals surface area contributed by atoms with Gasteiger partial charge in [-0.05, 0) is 19.4 Å². The number of nitrogens with zero attached hydrogens (tertiary/aromatic N) is 2. The molecule has 0 spiro atoms. The van der Waals surface area contributed by atoms with Gasteiger partial charge in [0.25, 0.3) is 5.91 Å². The number of anilines is 1. The highest BCUT2D eigenvalue weighted by molar-refractivity contribution is 6.33. The van der Waals surface area contributed by atoms with Crippen molar-refractivity contribution in [3.63, 3.8) is 0 Å². The smallest absolute Gasteiger partial charge is 0.260 e. The normalized spacial score (nSPS) is 10.6. The molecular formula is C22H24ClN3O4. The van der Waals surface area contributed by atoms with Crippen molar-refractivity contribution in [2.24, 2.45) is 0 Å². The molecule has 0 aliphatic carbocycles. The van der Waals surface area contributed by atoms with Gasteiger partial charge < -0.3 is 19.5 Å². The second-order valence-electron chi connectivity index (χ2n) is 6.76. The Morgan fingerprint density at radius 1 is 1.03 bits per heavy atom. The summed E-state index contributed by atoms with van der Waals surface area (Å²) in [7, 11) is 4.54. The number of hydrogen-bond donors (Lipinski definition) is 1. The Labute approximate surface area is 180 Å². The molecule has 1 heterocycles. The van der Waals surface area contributed by atoms with Crippen LogP contribution in [0.2, 0.25) is 5.15 Å². The van der Waals surface area contributed by atoms with Crippen LogP contribution >= 0.6 is 11.6 Å². The maximum atomic E-state index is 13.0. The predicted octanol–water partition coefficient (Wildman–Crippen LogP) is 4.48. The van der Waals surface area contributed by atoms with Gasteiger partial charge in [-0.1, -0.05) is 41.4 Å². The van der Waals surface area contributed by atoms with E-state index in [2.05, 4.69) is 10.4 Å². The maximum Gasteiger partial charge on any atom is 0.260 e. The Morgan fingerprint density at radius 3 is 2.17 bits per heavy atom. The van der Waals surface area contributed by atoms with Crippen LogP contribution in [0.1, 0.15) is 27.2 Å². The monoisotopic (exact) mass is 429 g/mol. The van der Waals surface area contributed by atoms with Crippen LogP contribution in [0, 0.1) is 13.8 Å². The van der Waals surface area contributed by atoms with Gasteiger partial charge >= 0.3 is 0 Å². The lowest BCUT2D eigenvalue weighted by molar-refractivity contribution is 0.102. The zero-order valence-corrected chi connectivity index (χ0v) is 18.3. The lowest BCUT2D eigenvalue weighted by Crippen LogP contribution is -2.13. The van der Waals surface area contributed by atoms with Gasteiger partial charge in [0, 0.05) is 17.8 Å². The topological polar surface area (TPSA) is 74.6 Å². The summed E-state index contributed by atoms with van der Waals surface area (Å²) in [5.41, 5.74) is 3.55. The third kappa shape index (κ3) is 4.36. The van der Waals surface area contributed by atoms with Crippen molar-refractivity contribution in [3.8, 4) is 17.2 Å². The summed E-state index contributed by atoms with van der Waals surface area (Å²) in [5.74, 6) is 0.940. The fourth-order valence-corrected chi connectivity index (χ4v) is 3.45. The van der Waals surface area contributed by atoms with Gasteiger partial charge in [-0.2, -0.15) is 5.10 Å². The second kappa shape index (κ2) is 9.09. The first-order valence-corrected chi connectivity index (χ1v) is 9.65. The number of ether oxygens (including phenoxy) is 3. The molecule has 1 amide bonds. The first-order valence-electron chi connectivity index (χ1n) is 9.27. The molecule has 0 saturated heterocycles. The highest BCUT2D eigenvalue weighted by Gasteiger charge is 2.22. The second-order valence-corrected chi connectivity index (χ2v) is 7.12. The fraction of sp³-hybridized carbons (Fsp3) is 0.273. The SMILES string of the molecule is COc1cc(NC(=O)c2c(C)nn(Cc3ccc(C)cc3)c2Cl)cc(OC)c1OC. The zero-order valence-electron chi connectivity index (χ0n) is 17.6. The number of carbonyl (C=O) groups excluding carboxylic acids is 1. The van der Waals surface area contributed by atoms with Crippen molar-refractivity contribution in [2.75, 3.05) is 26.6 Å². The summed E-state index contributed by atoms with van der Waals surface area (Å²) in [6.45, 7) is 4.25. The molecule has 0 atom stereocenters. The number of aromatic nitrogens is 2. The molecule has 30 heavy (non-hydrogen) atoms. The molecule has 0 aliphatic rings. The zero-order chi connectivity index (χ0) is 21.8. The lowest BCUT2D eigenvalue weighted by atomic mass is 10.1. The van der Waals surface area contributed by atoms with E-state index in [9.17, 15) is 4.79 Å². The van der Waals surface area contributed by atoms with E-state index in [4.69, 9.17) is 25.8 Å². The van der Waals surface area contributed by atoms with Gasteiger partial charge in [0.1, 0.15) is 5.15 Å². The molecule has 1 aromatic heterocycles. The molecule has 0 aliphatic heterocycles. The largest absolute Gasteiger partial charge is 0.493 e. The number of aryl methyl sites for hydroxylation is 2. The number of methoxy groups -OCH3 is 3. The first kappa shape index (κ1) is 21.5. The number of carbonyl (C=O) groups is 1. The minimum Gasteiger partial charge on any atom is -0.493 e. The van der Waals surface area contributed by atoms with Gasteiger partial charge in [0.2, 0.25) is 5.75 Å². The number of amides is 1. The van der Waals surface area contributed by atoms with E-state index in [0.717, 1.165) is 5.56 Å². The Kier molecular flexibility index (Phi) is 6.52. The van der Waals surface area contributed by atoms with Gasteiger partial charge in [0.15, 0.2) is 11.5 Å². The molecule has 8 heteroatoms. The molecule has 0 bridgehead atoms. The standard InChI is InChI=1S/C22H24ClN3O4/c1-13-6-8-15(9-7-13)12-26-21(23)19(14(2)25-26)22(27)24-16-10-17(28-3)20(30-5)18(11-16)29-4/h6-11H,12H2,1-5H3,(H,24,27). The minimum absolute atomic E-state index is 0.276. The van der Waals surface area contributed by atoms with Gasteiger partial charge in [-0.15, -0.1) is 0 Å². The van der Waals surface area contributed by atoms with Crippen LogP contribution in [0.3, 0.4) is 0 Å². The molecule has 0 saturated carbocycles. The summed E-state index contributed by atoms with van der Waals surface area (Å²) in [5, 5.41) is 7.55. The highest BCUT2D eigenvalue weighted by atomic mass is 35.5. The van der Waals surface area contributed by atoms with Crippen molar-refractivity contribution in [3.05, 3.63) is 63.9 Å². The van der Waals surface area contributed by atoms with Crippen LogP contribution in [0.5, 0.6) is 17.2 Å². The van der Waals surface area contributed by atoms with Crippen LogP contribution in [0.15, 0.2) is 36.4 Å². The van der Waals surface area contributed by atoms with Crippen LogP contribution in [-0.4, -0.2) is 37.0 Å². The Hall–Kier alpha value is -3.19. The third-order valence-electron chi connectivity index (χ3n) is 4.67. The average molecular weight is 430 g/mol. The van der Waals surface area contributed by atoms with Crippen molar-refractivity contribution in [1.82, 2.24) is 9.78 Å². The molecule has 3 aromatic rings. The molecule has 2 aromatic carbocycles. The van der Waals surface area contributed by atoms with E-state index >= 15 is 0 Å². The Balaban J connectivity index is 1.87. The summed E-state index contributed by atoms with van der Waals surface area (Å²) < 4.78 is 17.6. The van der Waals surface area contributed by atoms with Crippen LogP contribution < -0.4 is 19.5 Å². The van der Waals surface area contributed by atoms with Crippen LogP contribution in [-0.2, 0) is 6.54 Å². The summed E-state index contributed by atoms with van der Waals surface area (Å²) in [6.07, 6.45) is 0. The number of halogens is 1. The number of hydrogen-bond acceptors (Lipinski definition) is 5. The van der Waals surface area contributed by atoms with Gasteiger partial charge in [-0.25, -0.2) is 4.68 Å². The first-order chi connectivity index (χ1) is 14.4. The summed E-state index contributed by atoms with van der Waals surface area (Å²) >= 11 is 6.51. The van der Waals surface area contributed by atoms with E-state index in [-0.39, 0.29) is 11.1 Å². The van der Waals surface area contributed by atoms with Crippen molar-refractivity contribution < 1.29 is 19.0 Å². The molecule has 1 N–H and O–H groups in total. The van der Waals surface area contributed by atoms with Gasteiger partial charge in [0.05, 0.1) is 39.1 Å². The van der Waals surface area contributed by atoms with Crippen molar-refractivity contribution >= 4 is 23.2 Å². The van der Waals surface area contributed by atoms with E-state index in [1.165, 1.54) is 26.9 Å². The predicted molar refractivity (Wildman–Crippen MR) is 116 cm³/mol. The van der Waals surface area contributed by atoms with Crippen molar-refractivity contribution in [2.45, 2.75) is 20.4 Å². The highest BCUT2D eigenvalue weighted by Crippen LogP contribution is 2.40. The number of rotatable bonds is 7. The third-order valence-corrected chi connectivity index (χ3v) is 5.05.